The lowest BCUT2D eigenvalue weighted by molar-refractivity contribution is -0.110. The molecule has 0 bridgehead atoms. The molecule has 0 fully saturated rings. The number of rotatable bonds is 8. The number of benzene rings is 1. The number of hydrogen-bond donors (Lipinski definition) is 1. The van der Waals surface area contributed by atoms with Crippen LogP contribution in [0.15, 0.2) is 12.1 Å². The highest BCUT2D eigenvalue weighted by atomic mass is 32.2. The Morgan fingerprint density at radius 1 is 1.32 bits per heavy atom. The molecule has 1 aromatic rings. The van der Waals surface area contributed by atoms with E-state index >= 15 is 0 Å². The van der Waals surface area contributed by atoms with Gasteiger partial charge in [0.25, 0.3) is 0 Å². The van der Waals surface area contributed by atoms with Crippen LogP contribution in [0.25, 0.3) is 0 Å². The van der Waals surface area contributed by atoms with E-state index in [0.717, 1.165) is 22.7 Å². The topological polar surface area (TPSA) is 66.5 Å². The number of nitrogens with zero attached hydrogens (tertiary/aromatic N) is 1. The van der Waals surface area contributed by atoms with Crippen LogP contribution in [0, 0.1) is 11.6 Å². The highest BCUT2D eigenvalue weighted by molar-refractivity contribution is 7.88. The van der Waals surface area contributed by atoms with Gasteiger partial charge in [0, 0.05) is 24.2 Å². The first kappa shape index (κ1) is 18.5. The average Bonchev–Trinajstić information content (AvgIpc) is 2.41. The number of sulfonamides is 1. The molecule has 0 spiro atoms. The fourth-order valence-electron chi connectivity index (χ4n) is 2.05. The minimum Gasteiger partial charge on any atom is -0.352 e. The van der Waals surface area contributed by atoms with E-state index in [0.29, 0.717) is 12.8 Å². The summed E-state index contributed by atoms with van der Waals surface area (Å²) in [5.41, 5.74) is -0.0341. The van der Waals surface area contributed by atoms with E-state index in [1.807, 2.05) is 0 Å². The SMILES string of the molecule is CCCN(Cc1cc(F)c(C(C)NC=O)cc1F)S(C)(=O)=O. The molecule has 0 heterocycles. The van der Waals surface area contributed by atoms with Crippen LogP contribution in [-0.4, -0.2) is 31.9 Å². The van der Waals surface area contributed by atoms with Gasteiger partial charge < -0.3 is 5.32 Å². The summed E-state index contributed by atoms with van der Waals surface area (Å²) in [6.07, 6.45) is 2.00. The molecule has 1 aromatic carbocycles. The highest BCUT2D eigenvalue weighted by Gasteiger charge is 2.20. The molecule has 0 saturated carbocycles. The Balaban J connectivity index is 3.11. The molecular formula is C14H20F2N2O3S. The molecule has 8 heteroatoms. The van der Waals surface area contributed by atoms with Crippen LogP contribution in [0.5, 0.6) is 0 Å². The van der Waals surface area contributed by atoms with Crippen LogP contribution >= 0.6 is 0 Å². The third-order valence-corrected chi connectivity index (χ3v) is 4.49. The van der Waals surface area contributed by atoms with Crippen molar-refractivity contribution in [2.75, 3.05) is 12.8 Å². The summed E-state index contributed by atoms with van der Waals surface area (Å²) < 4.78 is 52.5. The van der Waals surface area contributed by atoms with Crippen LogP contribution in [0.1, 0.15) is 37.4 Å². The standard InChI is InChI=1S/C14H20F2N2O3S/c1-4-5-18(22(3,20)21)8-11-6-14(16)12(7-13(11)15)10(2)17-9-19/h6-7,9-10H,4-5,8H2,1-3H3,(H,17,19). The smallest absolute Gasteiger partial charge is 0.211 e. The number of carbonyl (C=O) groups excluding carboxylic acids is 1. The van der Waals surface area contributed by atoms with Crippen molar-refractivity contribution < 1.29 is 22.0 Å². The van der Waals surface area contributed by atoms with Crippen molar-refractivity contribution >= 4 is 16.4 Å². The van der Waals surface area contributed by atoms with E-state index in [2.05, 4.69) is 5.32 Å². The summed E-state index contributed by atoms with van der Waals surface area (Å²) in [5.74, 6) is -1.40. The predicted molar refractivity (Wildman–Crippen MR) is 79.5 cm³/mol. The minimum atomic E-state index is -3.50. The van der Waals surface area contributed by atoms with E-state index in [1.54, 1.807) is 6.92 Å². The lowest BCUT2D eigenvalue weighted by Crippen LogP contribution is -2.30. The molecule has 1 N–H and O–H groups in total. The van der Waals surface area contributed by atoms with E-state index in [-0.39, 0.29) is 24.2 Å². The molecule has 124 valence electrons. The van der Waals surface area contributed by atoms with E-state index in [1.165, 1.54) is 6.92 Å². The van der Waals surface area contributed by atoms with Gasteiger partial charge in [-0.15, -0.1) is 0 Å². The lowest BCUT2D eigenvalue weighted by Gasteiger charge is -2.20. The quantitative estimate of drug-likeness (QED) is 0.739. The minimum absolute atomic E-state index is 0.00903. The molecule has 1 unspecified atom stereocenters. The molecule has 5 nitrogen and oxygen atoms in total. The molecule has 1 rings (SSSR count). The van der Waals surface area contributed by atoms with Gasteiger partial charge in [-0.05, 0) is 25.5 Å². The Kier molecular flexibility index (Phi) is 6.43. The van der Waals surface area contributed by atoms with Crippen molar-refractivity contribution in [2.45, 2.75) is 32.9 Å². The van der Waals surface area contributed by atoms with Crippen molar-refractivity contribution in [3.05, 3.63) is 34.9 Å². The van der Waals surface area contributed by atoms with Gasteiger partial charge in [-0.2, -0.15) is 4.31 Å². The van der Waals surface area contributed by atoms with Crippen LogP contribution in [-0.2, 0) is 21.4 Å². The summed E-state index contributed by atoms with van der Waals surface area (Å²) in [4.78, 5) is 10.4. The normalized spacial score (nSPS) is 13.2. The second kappa shape index (κ2) is 7.64. The van der Waals surface area contributed by atoms with Gasteiger partial charge in [0.1, 0.15) is 11.6 Å². The van der Waals surface area contributed by atoms with Gasteiger partial charge in [-0.25, -0.2) is 17.2 Å². The number of nitrogens with one attached hydrogen (secondary N) is 1. The third kappa shape index (κ3) is 4.74. The summed E-state index contributed by atoms with van der Waals surface area (Å²) in [6, 6.07) is 1.28. The zero-order valence-electron chi connectivity index (χ0n) is 12.8. The molecule has 0 aliphatic carbocycles. The maximum absolute atomic E-state index is 14.1. The lowest BCUT2D eigenvalue weighted by atomic mass is 10.0. The molecule has 0 aliphatic heterocycles. The van der Waals surface area contributed by atoms with Gasteiger partial charge in [-0.1, -0.05) is 6.92 Å². The van der Waals surface area contributed by atoms with Crippen LogP contribution < -0.4 is 5.32 Å². The fourth-order valence-corrected chi connectivity index (χ4v) is 2.94. The van der Waals surface area contributed by atoms with Crippen molar-refractivity contribution in [3.63, 3.8) is 0 Å². The Morgan fingerprint density at radius 2 is 1.95 bits per heavy atom. The second-order valence-corrected chi connectivity index (χ2v) is 7.05. The maximum Gasteiger partial charge on any atom is 0.211 e. The molecule has 1 atom stereocenters. The monoisotopic (exact) mass is 334 g/mol. The van der Waals surface area contributed by atoms with Crippen LogP contribution in [0.2, 0.25) is 0 Å². The van der Waals surface area contributed by atoms with E-state index < -0.39 is 27.7 Å². The summed E-state index contributed by atoms with van der Waals surface area (Å²) in [7, 11) is -3.50. The Morgan fingerprint density at radius 3 is 2.45 bits per heavy atom. The van der Waals surface area contributed by atoms with Crippen molar-refractivity contribution in [1.82, 2.24) is 9.62 Å². The van der Waals surface area contributed by atoms with Crippen molar-refractivity contribution in [2.24, 2.45) is 0 Å². The first-order chi connectivity index (χ1) is 10.2. The fraction of sp³-hybridized carbons (Fsp3) is 0.500. The highest BCUT2D eigenvalue weighted by Crippen LogP contribution is 2.22. The van der Waals surface area contributed by atoms with E-state index in [4.69, 9.17) is 0 Å². The summed E-state index contributed by atoms with van der Waals surface area (Å²) in [5, 5.41) is 2.34. The molecule has 0 aromatic heterocycles. The van der Waals surface area contributed by atoms with Crippen molar-refractivity contribution in [1.29, 1.82) is 0 Å². The second-order valence-electron chi connectivity index (χ2n) is 5.07. The van der Waals surface area contributed by atoms with Gasteiger partial charge in [-0.3, -0.25) is 4.79 Å². The summed E-state index contributed by atoms with van der Waals surface area (Å²) in [6.45, 7) is 3.31. The van der Waals surface area contributed by atoms with Gasteiger partial charge in [0.2, 0.25) is 16.4 Å². The first-order valence-electron chi connectivity index (χ1n) is 6.83. The molecule has 0 radical (unpaired) electrons. The zero-order valence-corrected chi connectivity index (χ0v) is 13.6. The van der Waals surface area contributed by atoms with Gasteiger partial charge in [0.15, 0.2) is 0 Å². The number of carbonyl (C=O) groups is 1. The number of amides is 1. The average molecular weight is 334 g/mol. The van der Waals surface area contributed by atoms with E-state index in [9.17, 15) is 22.0 Å². The maximum atomic E-state index is 14.1. The third-order valence-electron chi connectivity index (χ3n) is 3.24. The zero-order chi connectivity index (χ0) is 16.9. The van der Waals surface area contributed by atoms with Crippen LogP contribution in [0.3, 0.4) is 0 Å². The largest absolute Gasteiger partial charge is 0.352 e. The summed E-state index contributed by atoms with van der Waals surface area (Å²) >= 11 is 0. The van der Waals surface area contributed by atoms with Gasteiger partial charge in [0.05, 0.1) is 12.3 Å². The predicted octanol–water partition coefficient (Wildman–Crippen LogP) is 1.94. The molecule has 22 heavy (non-hydrogen) atoms. The molecule has 0 saturated heterocycles. The Bertz CT molecular complexity index is 635. The first-order valence-corrected chi connectivity index (χ1v) is 8.68. The van der Waals surface area contributed by atoms with Crippen LogP contribution in [0.4, 0.5) is 8.78 Å². The Labute approximate surface area is 129 Å². The van der Waals surface area contributed by atoms with Gasteiger partial charge >= 0.3 is 0 Å². The molecule has 0 aliphatic rings. The number of hydrogen-bond acceptors (Lipinski definition) is 3. The molecular weight excluding hydrogens is 314 g/mol. The Hall–Kier alpha value is -1.54. The molecule has 1 amide bonds. The van der Waals surface area contributed by atoms with Crippen molar-refractivity contribution in [3.8, 4) is 0 Å². The number of halogens is 2.